The van der Waals surface area contributed by atoms with E-state index in [2.05, 4.69) is 228 Å². The Bertz CT molecular complexity index is 2640. The summed E-state index contributed by atoms with van der Waals surface area (Å²) in [7, 11) is 0. The highest BCUT2D eigenvalue weighted by atomic mass is 15.1. The van der Waals surface area contributed by atoms with Crippen molar-refractivity contribution in [3.05, 3.63) is 217 Å². The molecule has 2 heteroatoms. The number of benzene rings is 8. The van der Waals surface area contributed by atoms with E-state index in [0.717, 1.165) is 33.9 Å². The highest BCUT2D eigenvalue weighted by Crippen LogP contribution is 2.44. The Morgan fingerprint density at radius 3 is 1.69 bits per heavy atom. The minimum absolute atomic E-state index is 1.11. The van der Waals surface area contributed by atoms with E-state index in [1.807, 2.05) is 0 Å². The van der Waals surface area contributed by atoms with Crippen molar-refractivity contribution in [2.45, 2.75) is 0 Å². The van der Waals surface area contributed by atoms with E-state index in [-0.39, 0.29) is 0 Å². The van der Waals surface area contributed by atoms with Gasteiger partial charge < -0.3 is 9.47 Å². The Kier molecular flexibility index (Phi) is 8.24. The number of rotatable bonds is 8. The predicted molar refractivity (Wildman–Crippen MR) is 222 cm³/mol. The average molecular weight is 665 g/mol. The zero-order valence-corrected chi connectivity index (χ0v) is 28.7. The molecular weight excluding hydrogens is 629 g/mol. The van der Waals surface area contributed by atoms with E-state index < -0.39 is 0 Å². The molecule has 0 atom stereocenters. The Balaban J connectivity index is 1.16. The van der Waals surface area contributed by atoms with Crippen molar-refractivity contribution in [3.8, 4) is 28.1 Å². The molecule has 2 nitrogen and oxygen atoms in total. The van der Waals surface area contributed by atoms with Gasteiger partial charge in [-0.15, -0.1) is 0 Å². The molecule has 9 aromatic rings. The maximum atomic E-state index is 2.44. The van der Waals surface area contributed by atoms with Gasteiger partial charge in [-0.3, -0.25) is 0 Å². The predicted octanol–water partition coefficient (Wildman–Crippen LogP) is 13.8. The molecular formula is C50H36N2. The van der Waals surface area contributed by atoms with Gasteiger partial charge in [0.05, 0.1) is 11.2 Å². The van der Waals surface area contributed by atoms with Crippen LogP contribution in [0.4, 0.5) is 17.1 Å². The highest BCUT2D eigenvalue weighted by Gasteiger charge is 2.22. The van der Waals surface area contributed by atoms with Gasteiger partial charge in [0.25, 0.3) is 0 Å². The third-order valence-electron chi connectivity index (χ3n) is 9.76. The molecule has 0 saturated carbocycles. The van der Waals surface area contributed by atoms with Gasteiger partial charge in [0.15, 0.2) is 0 Å². The van der Waals surface area contributed by atoms with Crippen LogP contribution in [-0.4, -0.2) is 4.57 Å². The van der Waals surface area contributed by atoms with Gasteiger partial charge in [-0.2, -0.15) is 0 Å². The Morgan fingerprint density at radius 2 is 0.981 bits per heavy atom. The first-order valence-electron chi connectivity index (χ1n) is 17.8. The molecule has 0 spiro atoms. The second-order valence-corrected chi connectivity index (χ2v) is 13.0. The van der Waals surface area contributed by atoms with Crippen molar-refractivity contribution >= 4 is 50.9 Å². The molecule has 0 saturated heterocycles. The topological polar surface area (TPSA) is 8.17 Å². The minimum atomic E-state index is 1.11. The van der Waals surface area contributed by atoms with Crippen molar-refractivity contribution < 1.29 is 0 Å². The van der Waals surface area contributed by atoms with Crippen LogP contribution >= 0.6 is 0 Å². The van der Waals surface area contributed by atoms with Crippen molar-refractivity contribution in [2.75, 3.05) is 4.90 Å². The zero-order valence-electron chi connectivity index (χ0n) is 28.7. The van der Waals surface area contributed by atoms with Crippen LogP contribution < -0.4 is 4.90 Å². The third-order valence-corrected chi connectivity index (χ3v) is 9.76. The van der Waals surface area contributed by atoms with Crippen molar-refractivity contribution in [3.63, 3.8) is 0 Å². The van der Waals surface area contributed by atoms with Crippen molar-refractivity contribution in [2.24, 2.45) is 0 Å². The van der Waals surface area contributed by atoms with Crippen LogP contribution in [-0.2, 0) is 0 Å². The summed E-state index contributed by atoms with van der Waals surface area (Å²) >= 11 is 0. The summed E-state index contributed by atoms with van der Waals surface area (Å²) in [6, 6.07) is 73.6. The van der Waals surface area contributed by atoms with Gasteiger partial charge in [0.2, 0.25) is 0 Å². The SMILES string of the molecule is C(=Cc1cccc2c(-c3ccccc3)c(-c3ccccc3)n(-c3ccccc3)c12)c1ccc(N(c2ccccc2)c2ccc3ccccc3c2)cc1. The zero-order chi connectivity index (χ0) is 34.7. The monoisotopic (exact) mass is 664 g/mol. The molecule has 0 N–H and O–H groups in total. The first-order valence-corrected chi connectivity index (χ1v) is 17.8. The lowest BCUT2D eigenvalue weighted by molar-refractivity contribution is 1.13. The van der Waals surface area contributed by atoms with Crippen LogP contribution in [0.1, 0.15) is 11.1 Å². The quantitative estimate of drug-likeness (QED) is 0.147. The fraction of sp³-hybridized carbons (Fsp3) is 0. The maximum absolute atomic E-state index is 2.44. The molecule has 0 bridgehead atoms. The second kappa shape index (κ2) is 13.8. The van der Waals surface area contributed by atoms with Crippen molar-refractivity contribution in [1.82, 2.24) is 4.57 Å². The van der Waals surface area contributed by atoms with Crippen molar-refractivity contribution in [1.29, 1.82) is 0 Å². The molecule has 246 valence electrons. The number of hydrogen-bond acceptors (Lipinski definition) is 1. The maximum Gasteiger partial charge on any atom is 0.0619 e. The Morgan fingerprint density at radius 1 is 0.404 bits per heavy atom. The molecule has 52 heavy (non-hydrogen) atoms. The smallest absolute Gasteiger partial charge is 0.0619 e. The first kappa shape index (κ1) is 31.1. The van der Waals surface area contributed by atoms with Gasteiger partial charge in [0, 0.05) is 33.7 Å². The van der Waals surface area contributed by atoms with E-state index in [0.29, 0.717) is 0 Å². The Labute approximate surface area is 304 Å². The lowest BCUT2D eigenvalue weighted by atomic mass is 9.97. The van der Waals surface area contributed by atoms with Gasteiger partial charge in [0.1, 0.15) is 0 Å². The van der Waals surface area contributed by atoms with Gasteiger partial charge in [-0.05, 0) is 81.6 Å². The fourth-order valence-corrected chi connectivity index (χ4v) is 7.36. The summed E-state index contributed by atoms with van der Waals surface area (Å²) in [6.07, 6.45) is 4.49. The molecule has 8 aromatic carbocycles. The first-order chi connectivity index (χ1) is 25.8. The van der Waals surface area contributed by atoms with Crippen LogP contribution in [0.15, 0.2) is 206 Å². The van der Waals surface area contributed by atoms with E-state index in [9.17, 15) is 0 Å². The number of aromatic nitrogens is 1. The van der Waals surface area contributed by atoms with Crippen LogP contribution in [0.2, 0.25) is 0 Å². The number of para-hydroxylation sites is 3. The fourth-order valence-electron chi connectivity index (χ4n) is 7.36. The number of anilines is 3. The summed E-state index contributed by atoms with van der Waals surface area (Å²) in [5.41, 5.74) is 12.8. The highest BCUT2D eigenvalue weighted by molar-refractivity contribution is 6.08. The summed E-state index contributed by atoms with van der Waals surface area (Å²) < 4.78 is 2.44. The average Bonchev–Trinajstić information content (AvgIpc) is 3.58. The molecule has 1 heterocycles. The Hall–Kier alpha value is -6.90. The minimum Gasteiger partial charge on any atom is -0.310 e. The molecule has 0 aliphatic rings. The second-order valence-electron chi connectivity index (χ2n) is 13.0. The van der Waals surface area contributed by atoms with Crippen LogP contribution in [0.25, 0.3) is 61.9 Å². The normalized spacial score (nSPS) is 11.4. The van der Waals surface area contributed by atoms with E-state index in [1.54, 1.807) is 0 Å². The molecule has 0 unspecified atom stereocenters. The van der Waals surface area contributed by atoms with Crippen LogP contribution in [0, 0.1) is 0 Å². The van der Waals surface area contributed by atoms with Gasteiger partial charge >= 0.3 is 0 Å². The lowest BCUT2D eigenvalue weighted by Crippen LogP contribution is -2.09. The van der Waals surface area contributed by atoms with E-state index >= 15 is 0 Å². The number of fused-ring (bicyclic) bond motifs is 2. The van der Waals surface area contributed by atoms with Crippen LogP contribution in [0.3, 0.4) is 0 Å². The van der Waals surface area contributed by atoms with Crippen LogP contribution in [0.5, 0.6) is 0 Å². The largest absolute Gasteiger partial charge is 0.310 e. The van der Waals surface area contributed by atoms with E-state index in [1.165, 1.54) is 44.1 Å². The van der Waals surface area contributed by atoms with Gasteiger partial charge in [-0.1, -0.05) is 170 Å². The van der Waals surface area contributed by atoms with E-state index in [4.69, 9.17) is 0 Å². The molecule has 0 aliphatic carbocycles. The molecule has 0 amide bonds. The third kappa shape index (κ3) is 5.87. The molecule has 0 radical (unpaired) electrons. The number of hydrogen-bond donors (Lipinski definition) is 0. The summed E-state index contributed by atoms with van der Waals surface area (Å²) in [5, 5.41) is 3.68. The molecule has 9 rings (SSSR count). The molecule has 1 aromatic heterocycles. The standard InChI is InChI=1S/C50H36N2/c1-5-17-39(18-6-1)48-47-27-15-22-41(49(47)52(44-25-11-4-12-26-44)50(48)40-19-7-2-8-20-40)31-28-37-29-33-45(34-30-37)51(43-23-9-3-10-24-43)46-35-32-38-16-13-14-21-42(38)36-46/h1-36H. The molecule has 0 aliphatic heterocycles. The summed E-state index contributed by atoms with van der Waals surface area (Å²) in [6.45, 7) is 0. The summed E-state index contributed by atoms with van der Waals surface area (Å²) in [4.78, 5) is 2.32. The lowest BCUT2D eigenvalue weighted by Gasteiger charge is -2.26. The summed E-state index contributed by atoms with van der Waals surface area (Å²) in [5.74, 6) is 0. The number of nitrogens with zero attached hydrogens (tertiary/aromatic N) is 2. The van der Waals surface area contributed by atoms with Gasteiger partial charge in [-0.25, -0.2) is 0 Å². The molecule has 0 fully saturated rings.